The molecule has 0 radical (unpaired) electrons. The molecule has 8 nitrogen and oxygen atoms in total. The van der Waals surface area contributed by atoms with Gasteiger partial charge in [-0.2, -0.15) is 0 Å². The summed E-state index contributed by atoms with van der Waals surface area (Å²) in [4.78, 5) is 42.0. The fraction of sp³-hybridized carbons (Fsp3) is 0.389. The van der Waals surface area contributed by atoms with Gasteiger partial charge in [-0.3, -0.25) is 14.4 Å². The number of aromatic amines is 1. The van der Waals surface area contributed by atoms with Crippen LogP contribution in [0.4, 0.5) is 8.78 Å². The molecule has 1 unspecified atom stereocenters. The van der Waals surface area contributed by atoms with Crippen molar-refractivity contribution in [2.24, 2.45) is 0 Å². The predicted octanol–water partition coefficient (Wildman–Crippen LogP) is 0.227. The molecule has 3 N–H and O–H groups in total. The summed E-state index contributed by atoms with van der Waals surface area (Å²) in [6, 6.07) is 3.18. The van der Waals surface area contributed by atoms with Gasteiger partial charge in [0.25, 0.3) is 5.91 Å². The second-order valence-corrected chi connectivity index (χ2v) is 6.68. The predicted molar refractivity (Wildman–Crippen MR) is 95.4 cm³/mol. The highest BCUT2D eigenvalue weighted by Crippen LogP contribution is 2.21. The van der Waals surface area contributed by atoms with Crippen molar-refractivity contribution in [1.29, 1.82) is 0 Å². The van der Waals surface area contributed by atoms with Crippen LogP contribution in [0, 0.1) is 11.6 Å². The monoisotopic (exact) mass is 394 g/mol. The van der Waals surface area contributed by atoms with Crippen molar-refractivity contribution in [1.82, 2.24) is 20.1 Å². The first kappa shape index (κ1) is 19.7. The zero-order valence-corrected chi connectivity index (χ0v) is 15.2. The van der Waals surface area contributed by atoms with Crippen LogP contribution in [0.2, 0.25) is 0 Å². The fourth-order valence-electron chi connectivity index (χ4n) is 3.02. The molecule has 1 fully saturated rings. The average molecular weight is 394 g/mol. The number of aliphatic hydroxyl groups is 1. The normalized spacial score (nSPS) is 15.6. The number of piperazine rings is 1. The zero-order valence-electron chi connectivity index (χ0n) is 15.2. The van der Waals surface area contributed by atoms with E-state index < -0.39 is 35.5 Å². The molecule has 150 valence electrons. The van der Waals surface area contributed by atoms with E-state index in [9.17, 15) is 23.2 Å². The van der Waals surface area contributed by atoms with Crippen molar-refractivity contribution >= 4 is 28.6 Å². The number of aromatic nitrogens is 1. The molecule has 0 spiro atoms. The number of hydrogen-bond donors (Lipinski definition) is 3. The molecular formula is C18H20F2N4O4. The van der Waals surface area contributed by atoms with E-state index in [0.29, 0.717) is 0 Å². The van der Waals surface area contributed by atoms with E-state index in [1.807, 2.05) is 0 Å². The fourth-order valence-corrected chi connectivity index (χ4v) is 3.02. The van der Waals surface area contributed by atoms with Gasteiger partial charge in [0.2, 0.25) is 0 Å². The van der Waals surface area contributed by atoms with Gasteiger partial charge in [0, 0.05) is 44.2 Å². The molecule has 1 aromatic heterocycles. The van der Waals surface area contributed by atoms with Gasteiger partial charge in [0.1, 0.15) is 17.3 Å². The molecular weight excluding hydrogens is 374 g/mol. The maximum absolute atomic E-state index is 13.8. The van der Waals surface area contributed by atoms with Gasteiger partial charge in [-0.05, 0) is 19.1 Å². The number of H-pyrrole nitrogens is 1. The van der Waals surface area contributed by atoms with Crippen LogP contribution in [0.3, 0.4) is 0 Å². The Labute approximate surface area is 159 Å². The molecule has 1 aliphatic heterocycles. The average Bonchev–Trinajstić information content (AvgIpc) is 3.09. The summed E-state index contributed by atoms with van der Waals surface area (Å²) in [5.41, 5.74) is 0.304. The Bertz CT molecular complexity index is 920. The number of nitrogens with one attached hydrogen (secondary N) is 2. The van der Waals surface area contributed by atoms with E-state index >= 15 is 0 Å². The summed E-state index contributed by atoms with van der Waals surface area (Å²) in [5.74, 6) is -3.44. The lowest BCUT2D eigenvalue weighted by Gasteiger charge is -2.34. The van der Waals surface area contributed by atoms with E-state index in [1.165, 1.54) is 22.8 Å². The number of carbonyl (C=O) groups is 3. The van der Waals surface area contributed by atoms with Crippen LogP contribution in [0.5, 0.6) is 0 Å². The van der Waals surface area contributed by atoms with Gasteiger partial charge in [0.15, 0.2) is 0 Å². The van der Waals surface area contributed by atoms with Crippen LogP contribution in [-0.4, -0.2) is 76.4 Å². The molecule has 1 atom stereocenters. The lowest BCUT2D eigenvalue weighted by Crippen LogP contribution is -2.54. The van der Waals surface area contributed by atoms with Crippen molar-refractivity contribution < 1.29 is 28.3 Å². The number of halogens is 2. The molecule has 0 bridgehead atoms. The number of nitrogens with zero attached hydrogens (tertiary/aromatic N) is 2. The number of benzene rings is 1. The van der Waals surface area contributed by atoms with Crippen molar-refractivity contribution in [3.8, 4) is 0 Å². The highest BCUT2D eigenvalue weighted by molar-refractivity contribution is 6.35. The molecule has 10 heteroatoms. The number of carbonyl (C=O) groups excluding carboxylic acids is 3. The van der Waals surface area contributed by atoms with Crippen LogP contribution in [0.1, 0.15) is 17.4 Å². The third-order valence-electron chi connectivity index (χ3n) is 4.49. The van der Waals surface area contributed by atoms with E-state index in [4.69, 9.17) is 5.11 Å². The number of aliphatic hydroxyl groups excluding tert-OH is 1. The molecule has 1 aliphatic rings. The lowest BCUT2D eigenvalue weighted by atomic mass is 10.2. The zero-order chi connectivity index (χ0) is 20.4. The summed E-state index contributed by atoms with van der Waals surface area (Å²) in [5, 5.41) is 11.6. The van der Waals surface area contributed by atoms with Crippen molar-refractivity contribution in [3.63, 3.8) is 0 Å². The molecule has 2 heterocycles. The Morgan fingerprint density at radius 1 is 1.14 bits per heavy atom. The minimum Gasteiger partial charge on any atom is -0.392 e. The smallest absolute Gasteiger partial charge is 0.312 e. The number of hydrogen-bond acceptors (Lipinski definition) is 4. The minimum absolute atomic E-state index is 0.0272. The first-order valence-corrected chi connectivity index (χ1v) is 8.78. The minimum atomic E-state index is -0.811. The largest absolute Gasteiger partial charge is 0.392 e. The van der Waals surface area contributed by atoms with E-state index in [1.54, 1.807) is 0 Å². The van der Waals surface area contributed by atoms with Crippen LogP contribution in [-0.2, 0) is 9.59 Å². The SMILES string of the molecule is CC(O)CNC(=O)C(=O)N1CCN(C(=O)c2cc3c(F)cc(F)cc3[nH]2)CC1. The van der Waals surface area contributed by atoms with Crippen LogP contribution >= 0.6 is 0 Å². The first-order valence-electron chi connectivity index (χ1n) is 8.78. The summed E-state index contributed by atoms with van der Waals surface area (Å²) < 4.78 is 27.1. The summed E-state index contributed by atoms with van der Waals surface area (Å²) >= 11 is 0. The molecule has 3 amide bonds. The van der Waals surface area contributed by atoms with Crippen molar-refractivity contribution in [2.75, 3.05) is 32.7 Å². The van der Waals surface area contributed by atoms with Crippen molar-refractivity contribution in [2.45, 2.75) is 13.0 Å². The van der Waals surface area contributed by atoms with Crippen molar-refractivity contribution in [3.05, 3.63) is 35.5 Å². The Kier molecular flexibility index (Phi) is 5.59. The molecule has 0 aliphatic carbocycles. The summed E-state index contributed by atoms with van der Waals surface area (Å²) in [6.45, 7) is 2.17. The Morgan fingerprint density at radius 3 is 2.43 bits per heavy atom. The number of rotatable bonds is 3. The molecule has 2 aromatic rings. The molecule has 1 aromatic carbocycles. The standard InChI is InChI=1S/C18H20F2N4O4/c1-10(25)9-21-16(26)18(28)24-4-2-23(3-5-24)17(27)15-8-12-13(20)6-11(19)7-14(12)22-15/h6-8,10,22,25H,2-5,9H2,1H3,(H,21,26). The Hall–Kier alpha value is -3.01. The maximum atomic E-state index is 13.8. The second kappa shape index (κ2) is 7.93. The van der Waals surface area contributed by atoms with Gasteiger partial charge in [-0.15, -0.1) is 0 Å². The van der Waals surface area contributed by atoms with Gasteiger partial charge < -0.3 is 25.2 Å². The van der Waals surface area contributed by atoms with E-state index in [0.717, 1.165) is 12.1 Å². The van der Waals surface area contributed by atoms with Gasteiger partial charge in [-0.25, -0.2) is 8.78 Å². The second-order valence-electron chi connectivity index (χ2n) is 6.68. The molecule has 3 rings (SSSR count). The number of fused-ring (bicyclic) bond motifs is 1. The first-order chi connectivity index (χ1) is 13.3. The summed E-state index contributed by atoms with van der Waals surface area (Å²) in [7, 11) is 0. The van der Waals surface area contributed by atoms with Gasteiger partial charge in [0.05, 0.1) is 11.6 Å². The van der Waals surface area contributed by atoms with Crippen LogP contribution < -0.4 is 5.32 Å². The number of amides is 3. The topological polar surface area (TPSA) is 106 Å². The maximum Gasteiger partial charge on any atom is 0.312 e. The Morgan fingerprint density at radius 2 is 1.79 bits per heavy atom. The highest BCUT2D eigenvalue weighted by atomic mass is 19.1. The molecule has 1 saturated heterocycles. The van der Waals surface area contributed by atoms with E-state index in [2.05, 4.69) is 10.3 Å². The third-order valence-corrected chi connectivity index (χ3v) is 4.49. The Balaban J connectivity index is 1.62. The summed E-state index contributed by atoms with van der Waals surface area (Å²) in [6.07, 6.45) is -0.763. The van der Waals surface area contributed by atoms with Gasteiger partial charge >= 0.3 is 11.8 Å². The van der Waals surface area contributed by atoms with Gasteiger partial charge in [-0.1, -0.05) is 0 Å². The lowest BCUT2D eigenvalue weighted by molar-refractivity contribution is -0.146. The highest BCUT2D eigenvalue weighted by Gasteiger charge is 2.29. The third kappa shape index (κ3) is 4.11. The molecule has 28 heavy (non-hydrogen) atoms. The quantitative estimate of drug-likeness (QED) is 0.648. The van der Waals surface area contributed by atoms with Crippen LogP contribution in [0.25, 0.3) is 10.9 Å². The molecule has 0 saturated carbocycles. The van der Waals surface area contributed by atoms with E-state index in [-0.39, 0.29) is 49.3 Å². The van der Waals surface area contributed by atoms with Crippen LogP contribution in [0.15, 0.2) is 18.2 Å².